The van der Waals surface area contributed by atoms with Crippen LogP contribution < -0.4 is 9.47 Å². The summed E-state index contributed by atoms with van der Waals surface area (Å²) in [5.41, 5.74) is 2.48. The second-order valence-corrected chi connectivity index (χ2v) is 6.92. The molecule has 0 amide bonds. The predicted octanol–water partition coefficient (Wildman–Crippen LogP) is 5.20. The van der Waals surface area contributed by atoms with Gasteiger partial charge in [0.2, 0.25) is 0 Å². The van der Waals surface area contributed by atoms with Crippen molar-refractivity contribution in [2.45, 2.75) is 0 Å². The normalized spacial score (nSPS) is 10.4. The largest absolute Gasteiger partial charge is 0.508 e. The highest BCUT2D eigenvalue weighted by Gasteiger charge is 2.11. The molecule has 0 saturated carbocycles. The van der Waals surface area contributed by atoms with Gasteiger partial charge in [0, 0.05) is 0 Å². The van der Waals surface area contributed by atoms with Crippen molar-refractivity contribution in [3.63, 3.8) is 0 Å². The van der Waals surface area contributed by atoms with E-state index in [9.17, 15) is 19.8 Å². The summed E-state index contributed by atoms with van der Waals surface area (Å²) in [6.07, 6.45) is 0. The summed E-state index contributed by atoms with van der Waals surface area (Å²) in [5, 5.41) is 18.6. The number of phenols is 2. The van der Waals surface area contributed by atoms with Crippen LogP contribution >= 0.6 is 0 Å². The van der Waals surface area contributed by atoms with Gasteiger partial charge in [-0.05, 0) is 83.9 Å². The Labute approximate surface area is 183 Å². The van der Waals surface area contributed by atoms with Crippen LogP contribution in [-0.4, -0.2) is 22.2 Å². The zero-order valence-electron chi connectivity index (χ0n) is 16.8. The van der Waals surface area contributed by atoms with Gasteiger partial charge < -0.3 is 19.7 Å². The van der Waals surface area contributed by atoms with Crippen LogP contribution in [0.15, 0.2) is 97.1 Å². The van der Waals surface area contributed by atoms with Crippen LogP contribution in [0.4, 0.5) is 0 Å². The van der Waals surface area contributed by atoms with Gasteiger partial charge in [-0.2, -0.15) is 0 Å². The molecule has 6 heteroatoms. The fraction of sp³-hybridized carbons (Fsp3) is 0. The Morgan fingerprint density at radius 3 is 1.22 bits per heavy atom. The summed E-state index contributed by atoms with van der Waals surface area (Å²) >= 11 is 0. The Hall–Kier alpha value is -4.58. The first kappa shape index (κ1) is 20.7. The minimum absolute atomic E-state index is 0.0746. The Kier molecular flexibility index (Phi) is 5.85. The van der Waals surface area contributed by atoms with E-state index < -0.39 is 11.9 Å². The maximum Gasteiger partial charge on any atom is 0.343 e. The van der Waals surface area contributed by atoms with E-state index in [1.165, 1.54) is 48.5 Å². The molecule has 2 N–H and O–H groups in total. The molecular weight excluding hydrogens is 408 g/mol. The van der Waals surface area contributed by atoms with Crippen LogP contribution in [0.25, 0.3) is 11.1 Å². The van der Waals surface area contributed by atoms with E-state index in [0.717, 1.165) is 11.1 Å². The molecule has 158 valence electrons. The van der Waals surface area contributed by atoms with Crippen molar-refractivity contribution in [2.75, 3.05) is 0 Å². The number of rotatable bonds is 5. The topological polar surface area (TPSA) is 93.1 Å². The van der Waals surface area contributed by atoms with Crippen LogP contribution in [-0.2, 0) is 0 Å². The average molecular weight is 426 g/mol. The first-order valence-corrected chi connectivity index (χ1v) is 9.71. The van der Waals surface area contributed by atoms with E-state index in [0.29, 0.717) is 22.6 Å². The zero-order chi connectivity index (χ0) is 22.5. The number of hydrogen-bond acceptors (Lipinski definition) is 6. The molecule has 0 spiro atoms. The lowest BCUT2D eigenvalue weighted by atomic mass is 10.0. The van der Waals surface area contributed by atoms with Gasteiger partial charge in [0.05, 0.1) is 11.1 Å². The van der Waals surface area contributed by atoms with Crippen molar-refractivity contribution in [1.82, 2.24) is 0 Å². The SMILES string of the molecule is O=C(Oc1ccc(-c2ccc(C(=O)Oc3ccc(O)cc3)cc2)cc1)c1ccc(O)cc1. The zero-order valence-corrected chi connectivity index (χ0v) is 16.8. The first-order valence-electron chi connectivity index (χ1n) is 9.71. The fourth-order valence-electron chi connectivity index (χ4n) is 2.96. The summed E-state index contributed by atoms with van der Waals surface area (Å²) < 4.78 is 10.6. The third-order valence-corrected chi connectivity index (χ3v) is 4.67. The van der Waals surface area contributed by atoms with Gasteiger partial charge in [-0.1, -0.05) is 24.3 Å². The van der Waals surface area contributed by atoms with Crippen LogP contribution in [0.5, 0.6) is 23.0 Å². The molecule has 0 aromatic heterocycles. The minimum Gasteiger partial charge on any atom is -0.508 e. The highest BCUT2D eigenvalue weighted by molar-refractivity contribution is 5.92. The van der Waals surface area contributed by atoms with E-state index in [4.69, 9.17) is 9.47 Å². The molecule has 4 aromatic rings. The molecule has 0 aliphatic carbocycles. The minimum atomic E-state index is -0.519. The molecule has 6 nitrogen and oxygen atoms in total. The fourth-order valence-corrected chi connectivity index (χ4v) is 2.96. The third-order valence-electron chi connectivity index (χ3n) is 4.67. The lowest BCUT2D eigenvalue weighted by Gasteiger charge is -2.08. The van der Waals surface area contributed by atoms with Gasteiger partial charge in [-0.3, -0.25) is 0 Å². The van der Waals surface area contributed by atoms with E-state index in [1.807, 2.05) is 12.1 Å². The second-order valence-electron chi connectivity index (χ2n) is 6.92. The number of hydrogen-bond donors (Lipinski definition) is 2. The molecular formula is C26H18O6. The molecule has 4 aromatic carbocycles. The van der Waals surface area contributed by atoms with Crippen molar-refractivity contribution in [3.05, 3.63) is 108 Å². The summed E-state index contributed by atoms with van der Waals surface area (Å²) in [6.45, 7) is 0. The second kappa shape index (κ2) is 9.06. The van der Waals surface area contributed by atoms with Crippen LogP contribution in [0.1, 0.15) is 20.7 Å². The summed E-state index contributed by atoms with van der Waals surface area (Å²) in [7, 11) is 0. The van der Waals surface area contributed by atoms with Crippen molar-refractivity contribution in [3.8, 4) is 34.1 Å². The molecule has 32 heavy (non-hydrogen) atoms. The van der Waals surface area contributed by atoms with Gasteiger partial charge in [-0.25, -0.2) is 9.59 Å². The van der Waals surface area contributed by atoms with Crippen molar-refractivity contribution >= 4 is 11.9 Å². The van der Waals surface area contributed by atoms with Crippen LogP contribution in [0.3, 0.4) is 0 Å². The van der Waals surface area contributed by atoms with Crippen molar-refractivity contribution < 1.29 is 29.3 Å². The highest BCUT2D eigenvalue weighted by atomic mass is 16.5. The van der Waals surface area contributed by atoms with Crippen molar-refractivity contribution in [1.29, 1.82) is 0 Å². The molecule has 0 aliphatic heterocycles. The molecule has 0 atom stereocenters. The Bertz CT molecular complexity index is 1230. The Morgan fingerprint density at radius 1 is 0.469 bits per heavy atom. The van der Waals surface area contributed by atoms with Crippen molar-refractivity contribution in [2.24, 2.45) is 0 Å². The molecule has 0 radical (unpaired) electrons. The van der Waals surface area contributed by atoms with Gasteiger partial charge >= 0.3 is 11.9 Å². The van der Waals surface area contributed by atoms with Gasteiger partial charge in [-0.15, -0.1) is 0 Å². The predicted molar refractivity (Wildman–Crippen MR) is 118 cm³/mol. The number of esters is 2. The highest BCUT2D eigenvalue weighted by Crippen LogP contribution is 2.24. The van der Waals surface area contributed by atoms with E-state index in [1.54, 1.807) is 36.4 Å². The monoisotopic (exact) mass is 426 g/mol. The van der Waals surface area contributed by atoms with Gasteiger partial charge in [0.25, 0.3) is 0 Å². The third kappa shape index (κ3) is 4.94. The quantitative estimate of drug-likeness (QED) is 0.336. The number of benzene rings is 4. The summed E-state index contributed by atoms with van der Waals surface area (Å²) in [5.74, 6) is -0.121. The number of aromatic hydroxyl groups is 2. The molecule has 0 aliphatic rings. The number of carbonyl (C=O) groups excluding carboxylic acids is 2. The number of carbonyl (C=O) groups is 2. The van der Waals surface area contributed by atoms with E-state index in [2.05, 4.69) is 0 Å². The van der Waals surface area contributed by atoms with Gasteiger partial charge in [0.1, 0.15) is 23.0 Å². The van der Waals surface area contributed by atoms with Crippen LogP contribution in [0.2, 0.25) is 0 Å². The average Bonchev–Trinajstić information content (AvgIpc) is 2.81. The summed E-state index contributed by atoms with van der Waals surface area (Å²) in [6, 6.07) is 25.6. The van der Waals surface area contributed by atoms with Gasteiger partial charge in [0.15, 0.2) is 0 Å². The number of ether oxygens (including phenoxy) is 2. The molecule has 0 bridgehead atoms. The lowest BCUT2D eigenvalue weighted by Crippen LogP contribution is -2.08. The molecule has 4 rings (SSSR count). The summed E-state index contributed by atoms with van der Waals surface area (Å²) in [4.78, 5) is 24.5. The maximum atomic E-state index is 12.3. The maximum absolute atomic E-state index is 12.3. The molecule has 0 saturated heterocycles. The Morgan fingerprint density at radius 2 is 0.781 bits per heavy atom. The molecule has 0 fully saturated rings. The standard InChI is InChI=1S/C26H18O6/c27-21-9-5-20(6-10-21)26(30)31-23-13-7-18(8-14-23)17-1-3-19(4-2-17)25(29)32-24-15-11-22(28)12-16-24/h1-16,27-28H. The van der Waals surface area contributed by atoms with E-state index >= 15 is 0 Å². The first-order chi connectivity index (χ1) is 15.5. The smallest absolute Gasteiger partial charge is 0.343 e. The number of phenolic OH excluding ortho intramolecular Hbond substituents is 2. The molecule has 0 unspecified atom stereocenters. The van der Waals surface area contributed by atoms with Crippen LogP contribution in [0, 0.1) is 0 Å². The molecule has 0 heterocycles. The lowest BCUT2D eigenvalue weighted by molar-refractivity contribution is 0.0725. The van der Waals surface area contributed by atoms with E-state index in [-0.39, 0.29) is 11.5 Å². The Balaban J connectivity index is 1.40.